The van der Waals surface area contributed by atoms with Gasteiger partial charge < -0.3 is 10.2 Å². The molecule has 1 N–H and O–H groups in total. The molecule has 3 rings (SSSR count). The average Bonchev–Trinajstić information content (AvgIpc) is 2.90. The number of carbonyl (C=O) groups is 2. The van der Waals surface area contributed by atoms with Crippen molar-refractivity contribution in [1.29, 1.82) is 0 Å². The molecule has 11 heteroatoms. The molecule has 2 atom stereocenters. The van der Waals surface area contributed by atoms with E-state index in [4.69, 9.17) is 23.2 Å². The van der Waals surface area contributed by atoms with Gasteiger partial charge in [0, 0.05) is 33.5 Å². The van der Waals surface area contributed by atoms with Gasteiger partial charge in [0.05, 0.1) is 11.9 Å². The van der Waals surface area contributed by atoms with Gasteiger partial charge in [-0.15, -0.1) is 0 Å². The number of rotatable bonds is 12. The molecule has 3 aromatic carbocycles. The Morgan fingerprint density at radius 2 is 1.70 bits per heavy atom. The number of nitrogens with one attached hydrogen (secondary N) is 1. The fraction of sp³-hybridized carbons (Fsp3) is 0.310. The molecule has 2 amide bonds. The SMILES string of the molecule is CCC(C)NC(=O)C(Cc1ccccc1)N(Cc1ccc(Cl)cc1Cl)C(=O)CN(c1cccc(Br)c1)S(C)(=O)=O. The van der Waals surface area contributed by atoms with Gasteiger partial charge in [0.15, 0.2) is 0 Å². The molecule has 0 aliphatic rings. The molecule has 0 aliphatic heterocycles. The Kier molecular flexibility index (Phi) is 11.5. The van der Waals surface area contributed by atoms with Crippen molar-refractivity contribution >= 4 is 66.7 Å². The van der Waals surface area contributed by atoms with Crippen LogP contribution in [0.2, 0.25) is 10.0 Å². The molecule has 214 valence electrons. The van der Waals surface area contributed by atoms with Crippen molar-refractivity contribution in [1.82, 2.24) is 10.2 Å². The van der Waals surface area contributed by atoms with E-state index in [1.165, 1.54) is 4.90 Å². The Bertz CT molecular complexity index is 1440. The Morgan fingerprint density at radius 3 is 2.30 bits per heavy atom. The Balaban J connectivity index is 2.09. The molecule has 0 fully saturated rings. The number of hydrogen-bond donors (Lipinski definition) is 1. The Morgan fingerprint density at radius 1 is 1.00 bits per heavy atom. The van der Waals surface area contributed by atoms with Gasteiger partial charge in [-0.05, 0) is 54.8 Å². The first-order valence-electron chi connectivity index (χ1n) is 12.7. The second-order valence-electron chi connectivity index (χ2n) is 9.53. The maximum Gasteiger partial charge on any atom is 0.244 e. The third-order valence-corrected chi connectivity index (χ3v) is 8.62. The van der Waals surface area contributed by atoms with Gasteiger partial charge in [-0.2, -0.15) is 0 Å². The predicted molar refractivity (Wildman–Crippen MR) is 165 cm³/mol. The van der Waals surface area contributed by atoms with Gasteiger partial charge >= 0.3 is 0 Å². The number of amides is 2. The van der Waals surface area contributed by atoms with Crippen molar-refractivity contribution in [2.45, 2.75) is 45.3 Å². The summed E-state index contributed by atoms with van der Waals surface area (Å²) in [7, 11) is -3.86. The summed E-state index contributed by atoms with van der Waals surface area (Å²) in [4.78, 5) is 29.2. The zero-order chi connectivity index (χ0) is 29.4. The van der Waals surface area contributed by atoms with E-state index in [0.29, 0.717) is 32.2 Å². The highest BCUT2D eigenvalue weighted by Crippen LogP contribution is 2.26. The van der Waals surface area contributed by atoms with E-state index in [0.717, 1.165) is 16.1 Å². The van der Waals surface area contributed by atoms with E-state index in [1.807, 2.05) is 44.2 Å². The highest BCUT2D eigenvalue weighted by atomic mass is 79.9. The number of hydrogen-bond acceptors (Lipinski definition) is 4. The third-order valence-electron chi connectivity index (χ3n) is 6.40. The summed E-state index contributed by atoms with van der Waals surface area (Å²) >= 11 is 16.0. The molecule has 0 spiro atoms. The Labute approximate surface area is 254 Å². The van der Waals surface area contributed by atoms with Crippen LogP contribution in [0.4, 0.5) is 5.69 Å². The van der Waals surface area contributed by atoms with Crippen LogP contribution in [0.1, 0.15) is 31.4 Å². The smallest absolute Gasteiger partial charge is 0.244 e. The highest BCUT2D eigenvalue weighted by molar-refractivity contribution is 9.10. The summed E-state index contributed by atoms with van der Waals surface area (Å²) in [6.45, 7) is 3.30. The lowest BCUT2D eigenvalue weighted by molar-refractivity contribution is -0.140. The molecule has 0 bridgehead atoms. The fourth-order valence-electron chi connectivity index (χ4n) is 4.07. The first kappa shape index (κ1) is 31.9. The molecule has 0 aliphatic carbocycles. The predicted octanol–water partition coefficient (Wildman–Crippen LogP) is 6.08. The lowest BCUT2D eigenvalue weighted by atomic mass is 10.0. The van der Waals surface area contributed by atoms with Crippen molar-refractivity contribution in [2.24, 2.45) is 0 Å². The van der Waals surface area contributed by atoms with Gasteiger partial charge in [-0.1, -0.05) is 88.5 Å². The van der Waals surface area contributed by atoms with Crippen LogP contribution in [0.3, 0.4) is 0 Å². The summed E-state index contributed by atoms with van der Waals surface area (Å²) in [6, 6.07) is 19.9. The van der Waals surface area contributed by atoms with Crippen molar-refractivity contribution in [2.75, 3.05) is 17.1 Å². The van der Waals surface area contributed by atoms with E-state index < -0.39 is 28.5 Å². The average molecular weight is 669 g/mol. The van der Waals surface area contributed by atoms with Crippen LogP contribution in [-0.4, -0.2) is 50.0 Å². The largest absolute Gasteiger partial charge is 0.352 e. The number of anilines is 1. The topological polar surface area (TPSA) is 86.8 Å². The minimum Gasteiger partial charge on any atom is -0.352 e. The van der Waals surface area contributed by atoms with Gasteiger partial charge in [-0.25, -0.2) is 8.42 Å². The van der Waals surface area contributed by atoms with Gasteiger partial charge in [0.25, 0.3) is 0 Å². The minimum absolute atomic E-state index is 0.0314. The van der Waals surface area contributed by atoms with Crippen LogP contribution in [0.25, 0.3) is 0 Å². The van der Waals surface area contributed by atoms with Crippen molar-refractivity contribution < 1.29 is 18.0 Å². The lowest BCUT2D eigenvalue weighted by Gasteiger charge is -2.34. The molecule has 2 unspecified atom stereocenters. The van der Waals surface area contributed by atoms with Gasteiger partial charge in [0.1, 0.15) is 12.6 Å². The fourth-order valence-corrected chi connectivity index (χ4v) is 5.77. The maximum absolute atomic E-state index is 14.1. The van der Waals surface area contributed by atoms with E-state index >= 15 is 0 Å². The summed E-state index contributed by atoms with van der Waals surface area (Å²) in [5.74, 6) is -0.901. The standard InChI is InChI=1S/C29H32BrCl2N3O4S/c1-4-20(2)33-29(37)27(15-21-9-6-5-7-10-21)34(18-22-13-14-24(31)17-26(22)32)28(36)19-35(40(3,38)39)25-12-8-11-23(30)16-25/h5-14,16-17,20,27H,4,15,18-19H2,1-3H3,(H,33,37). The molecule has 0 radical (unpaired) electrons. The first-order chi connectivity index (χ1) is 18.9. The van der Waals surface area contributed by atoms with Crippen LogP contribution in [0, 0.1) is 0 Å². The summed E-state index contributed by atoms with van der Waals surface area (Å²) in [5.41, 5.74) is 1.74. The molecule has 0 saturated carbocycles. The molecular formula is C29H32BrCl2N3O4S. The summed E-state index contributed by atoms with van der Waals surface area (Å²) < 4.78 is 27.4. The molecular weight excluding hydrogens is 637 g/mol. The number of carbonyl (C=O) groups excluding carboxylic acids is 2. The zero-order valence-corrected chi connectivity index (χ0v) is 26.4. The van der Waals surface area contributed by atoms with Crippen LogP contribution < -0.4 is 9.62 Å². The van der Waals surface area contributed by atoms with E-state index in [1.54, 1.807) is 42.5 Å². The van der Waals surface area contributed by atoms with Crippen molar-refractivity contribution in [3.8, 4) is 0 Å². The number of nitrogens with zero attached hydrogens (tertiary/aromatic N) is 2. The van der Waals surface area contributed by atoms with Crippen LogP contribution in [-0.2, 0) is 32.6 Å². The number of benzene rings is 3. The molecule has 40 heavy (non-hydrogen) atoms. The molecule has 0 aromatic heterocycles. The quantitative estimate of drug-likeness (QED) is 0.254. The van der Waals surface area contributed by atoms with Gasteiger partial charge in [0.2, 0.25) is 21.8 Å². The van der Waals surface area contributed by atoms with Gasteiger partial charge in [-0.3, -0.25) is 13.9 Å². The van der Waals surface area contributed by atoms with Crippen molar-refractivity contribution in [3.63, 3.8) is 0 Å². The maximum atomic E-state index is 14.1. The second-order valence-corrected chi connectivity index (χ2v) is 13.2. The first-order valence-corrected chi connectivity index (χ1v) is 16.1. The highest BCUT2D eigenvalue weighted by Gasteiger charge is 2.33. The second kappa shape index (κ2) is 14.3. The third kappa shape index (κ3) is 8.96. The monoisotopic (exact) mass is 667 g/mol. The lowest BCUT2D eigenvalue weighted by Crippen LogP contribution is -2.54. The van der Waals surface area contributed by atoms with Crippen LogP contribution in [0.5, 0.6) is 0 Å². The number of halogens is 3. The summed E-state index contributed by atoms with van der Waals surface area (Å²) in [6.07, 6.45) is 1.96. The normalized spacial score (nSPS) is 12.8. The zero-order valence-electron chi connectivity index (χ0n) is 22.5. The van der Waals surface area contributed by atoms with Crippen LogP contribution in [0.15, 0.2) is 77.3 Å². The van der Waals surface area contributed by atoms with Crippen LogP contribution >= 0.6 is 39.1 Å². The molecule has 7 nitrogen and oxygen atoms in total. The Hall–Kier alpha value is -2.59. The summed E-state index contributed by atoms with van der Waals surface area (Å²) in [5, 5.41) is 3.75. The molecule has 0 saturated heterocycles. The number of sulfonamides is 1. The van der Waals surface area contributed by atoms with Crippen molar-refractivity contribution in [3.05, 3.63) is 98.4 Å². The van der Waals surface area contributed by atoms with E-state index in [9.17, 15) is 18.0 Å². The molecule has 0 heterocycles. The van der Waals surface area contributed by atoms with E-state index in [-0.39, 0.29) is 24.9 Å². The minimum atomic E-state index is -3.86. The molecule has 3 aromatic rings. The van der Waals surface area contributed by atoms with E-state index in [2.05, 4.69) is 21.2 Å².